The molecule has 1 aromatic heterocycles. The maximum atomic E-state index is 11.3. The fraction of sp³-hybridized carbons (Fsp3) is 0.125. The summed E-state index contributed by atoms with van der Waals surface area (Å²) in [7, 11) is -3.16. The van der Waals surface area contributed by atoms with E-state index in [2.05, 4.69) is 9.72 Å². The number of carboxylic acid groups (broad SMARTS) is 1. The fourth-order valence-corrected chi connectivity index (χ4v) is 1.65. The minimum Gasteiger partial charge on any atom is -0.478 e. The molecular formula is C8H9N3O6S. The van der Waals surface area contributed by atoms with E-state index in [0.717, 1.165) is 25.4 Å². The highest BCUT2D eigenvalue weighted by atomic mass is 32.2. The van der Waals surface area contributed by atoms with Gasteiger partial charge < -0.3 is 9.84 Å². The SMILES string of the molecule is COC(=O)NS(=O)(=O)Nc1ccc(C(=O)O)cn1. The average molecular weight is 275 g/mol. The number of pyridine rings is 1. The molecule has 1 rings (SSSR count). The zero-order chi connectivity index (χ0) is 13.8. The van der Waals surface area contributed by atoms with Gasteiger partial charge in [-0.25, -0.2) is 19.3 Å². The van der Waals surface area contributed by atoms with E-state index < -0.39 is 22.3 Å². The second kappa shape index (κ2) is 5.31. The van der Waals surface area contributed by atoms with Crippen LogP contribution in [0.2, 0.25) is 0 Å². The number of hydrogen-bond acceptors (Lipinski definition) is 6. The van der Waals surface area contributed by atoms with E-state index in [1.807, 2.05) is 4.72 Å². The predicted molar refractivity (Wildman–Crippen MR) is 59.3 cm³/mol. The van der Waals surface area contributed by atoms with Gasteiger partial charge in [-0.15, -0.1) is 0 Å². The van der Waals surface area contributed by atoms with Crippen LogP contribution in [0.15, 0.2) is 18.3 Å². The average Bonchev–Trinajstić information content (AvgIpc) is 2.28. The van der Waals surface area contributed by atoms with Crippen molar-refractivity contribution in [1.29, 1.82) is 0 Å². The van der Waals surface area contributed by atoms with Gasteiger partial charge >= 0.3 is 22.3 Å². The Morgan fingerprint density at radius 2 is 2.06 bits per heavy atom. The Kier molecular flexibility index (Phi) is 4.05. The van der Waals surface area contributed by atoms with Crippen LogP contribution in [0.1, 0.15) is 10.4 Å². The number of ether oxygens (including phenoxy) is 1. The van der Waals surface area contributed by atoms with Crippen LogP contribution in [0, 0.1) is 0 Å². The molecule has 98 valence electrons. The molecule has 0 saturated carbocycles. The fourth-order valence-electron chi connectivity index (χ4n) is 0.895. The first kappa shape index (κ1) is 13.7. The highest BCUT2D eigenvalue weighted by Crippen LogP contribution is 2.06. The summed E-state index contributed by atoms with van der Waals surface area (Å²) in [6, 6.07) is 2.30. The summed E-state index contributed by atoms with van der Waals surface area (Å²) in [5.74, 6) is -1.33. The van der Waals surface area contributed by atoms with Crippen molar-refractivity contribution in [1.82, 2.24) is 9.71 Å². The van der Waals surface area contributed by atoms with Crippen molar-refractivity contribution in [3.05, 3.63) is 23.9 Å². The van der Waals surface area contributed by atoms with Crippen molar-refractivity contribution < 1.29 is 27.9 Å². The number of carbonyl (C=O) groups excluding carboxylic acids is 1. The maximum absolute atomic E-state index is 11.3. The molecule has 0 aliphatic rings. The molecule has 0 aromatic carbocycles. The standard InChI is InChI=1S/C8H9N3O6S/c1-17-8(14)11-18(15,16)10-6-3-2-5(4-9-6)7(12)13/h2-4H,1H3,(H,9,10)(H,11,14)(H,12,13). The van der Waals surface area contributed by atoms with Gasteiger partial charge in [-0.1, -0.05) is 0 Å². The Hall–Kier alpha value is -2.36. The lowest BCUT2D eigenvalue weighted by molar-refractivity contribution is 0.0696. The lowest BCUT2D eigenvalue weighted by Gasteiger charge is -2.07. The molecule has 9 nitrogen and oxygen atoms in total. The number of nitrogens with zero attached hydrogens (tertiary/aromatic N) is 1. The number of amides is 1. The summed E-state index contributed by atoms with van der Waals surface area (Å²) < 4.78 is 30.2. The molecule has 3 N–H and O–H groups in total. The highest BCUT2D eigenvalue weighted by molar-refractivity contribution is 7.91. The summed E-state index contributed by atoms with van der Waals surface area (Å²) in [5.41, 5.74) is -0.0983. The number of carboxylic acids is 1. The Labute approximate surface area is 102 Å². The number of methoxy groups -OCH3 is 1. The van der Waals surface area contributed by atoms with Crippen LogP contribution >= 0.6 is 0 Å². The molecule has 0 saturated heterocycles. The minimum atomic E-state index is -4.16. The van der Waals surface area contributed by atoms with E-state index in [-0.39, 0.29) is 11.4 Å². The van der Waals surface area contributed by atoms with E-state index in [4.69, 9.17) is 5.11 Å². The molecule has 0 bridgehead atoms. The highest BCUT2D eigenvalue weighted by Gasteiger charge is 2.15. The third kappa shape index (κ3) is 3.90. The van der Waals surface area contributed by atoms with Gasteiger partial charge in [0.15, 0.2) is 0 Å². The van der Waals surface area contributed by atoms with E-state index in [1.165, 1.54) is 4.72 Å². The van der Waals surface area contributed by atoms with Crippen molar-refractivity contribution in [3.8, 4) is 0 Å². The molecule has 10 heteroatoms. The first-order valence-corrected chi connectivity index (χ1v) is 5.90. The predicted octanol–water partition coefficient (Wildman–Crippen LogP) is -0.208. The van der Waals surface area contributed by atoms with Gasteiger partial charge in [0.2, 0.25) is 0 Å². The summed E-state index contributed by atoms with van der Waals surface area (Å²) in [6.07, 6.45) is -0.192. The third-order valence-corrected chi connectivity index (χ3v) is 2.57. The maximum Gasteiger partial charge on any atom is 0.422 e. The molecule has 0 radical (unpaired) electrons. The van der Waals surface area contributed by atoms with Crippen LogP contribution in [0.3, 0.4) is 0 Å². The van der Waals surface area contributed by atoms with Crippen molar-refractivity contribution in [2.24, 2.45) is 0 Å². The van der Waals surface area contributed by atoms with Crippen LogP contribution in [0.4, 0.5) is 10.6 Å². The number of nitrogens with one attached hydrogen (secondary N) is 2. The van der Waals surface area contributed by atoms with Gasteiger partial charge in [-0.05, 0) is 12.1 Å². The van der Waals surface area contributed by atoms with Gasteiger partial charge in [-0.3, -0.25) is 4.72 Å². The third-order valence-electron chi connectivity index (χ3n) is 1.65. The summed E-state index contributed by atoms with van der Waals surface area (Å²) in [6.45, 7) is 0. The number of rotatable bonds is 4. The van der Waals surface area contributed by atoms with Gasteiger partial charge in [-0.2, -0.15) is 8.42 Å². The largest absolute Gasteiger partial charge is 0.478 e. The number of aromatic nitrogens is 1. The van der Waals surface area contributed by atoms with Crippen molar-refractivity contribution in [2.45, 2.75) is 0 Å². The van der Waals surface area contributed by atoms with Crippen molar-refractivity contribution >= 4 is 28.1 Å². The molecule has 0 aliphatic heterocycles. The molecule has 0 fully saturated rings. The Balaban J connectivity index is 2.78. The molecule has 0 aliphatic carbocycles. The number of anilines is 1. The lowest BCUT2D eigenvalue weighted by atomic mass is 10.3. The van der Waals surface area contributed by atoms with Crippen molar-refractivity contribution in [2.75, 3.05) is 11.8 Å². The normalized spacial score (nSPS) is 10.5. The van der Waals surface area contributed by atoms with Crippen molar-refractivity contribution in [3.63, 3.8) is 0 Å². The molecule has 1 heterocycles. The van der Waals surface area contributed by atoms with Gasteiger partial charge in [0.1, 0.15) is 5.82 Å². The lowest BCUT2D eigenvalue weighted by Crippen LogP contribution is -2.35. The smallest absolute Gasteiger partial charge is 0.422 e. The molecule has 1 amide bonds. The minimum absolute atomic E-state index is 0.0983. The molecule has 1 aromatic rings. The molecule has 0 spiro atoms. The van der Waals surface area contributed by atoms with Crippen LogP contribution < -0.4 is 9.44 Å². The van der Waals surface area contributed by atoms with Crippen LogP contribution in [-0.2, 0) is 14.9 Å². The summed E-state index contributed by atoms with van der Waals surface area (Å²) in [5, 5.41) is 8.61. The zero-order valence-electron chi connectivity index (χ0n) is 9.08. The molecule has 0 unspecified atom stereocenters. The monoisotopic (exact) mass is 275 g/mol. The molecular weight excluding hydrogens is 266 g/mol. The summed E-state index contributed by atoms with van der Waals surface area (Å²) >= 11 is 0. The topological polar surface area (TPSA) is 135 Å². The van der Waals surface area contributed by atoms with Crippen LogP contribution in [-0.4, -0.2) is 37.7 Å². The molecule has 0 atom stereocenters. The number of carbonyl (C=O) groups is 2. The van der Waals surface area contributed by atoms with Crippen LogP contribution in [0.25, 0.3) is 0 Å². The van der Waals surface area contributed by atoms with E-state index in [1.54, 1.807) is 0 Å². The van der Waals surface area contributed by atoms with Gasteiger partial charge in [0.05, 0.1) is 12.7 Å². The van der Waals surface area contributed by atoms with Crippen LogP contribution in [0.5, 0.6) is 0 Å². The number of hydrogen-bond donors (Lipinski definition) is 3. The quantitative estimate of drug-likeness (QED) is 0.692. The van der Waals surface area contributed by atoms with E-state index in [0.29, 0.717) is 0 Å². The first-order valence-electron chi connectivity index (χ1n) is 4.42. The van der Waals surface area contributed by atoms with E-state index >= 15 is 0 Å². The molecule has 18 heavy (non-hydrogen) atoms. The first-order chi connectivity index (χ1) is 8.34. The zero-order valence-corrected chi connectivity index (χ0v) is 9.89. The number of aromatic carboxylic acids is 1. The van der Waals surface area contributed by atoms with E-state index in [9.17, 15) is 18.0 Å². The Bertz CT molecular complexity index is 553. The second-order valence-electron chi connectivity index (χ2n) is 2.94. The Morgan fingerprint density at radius 3 is 2.50 bits per heavy atom. The Morgan fingerprint density at radius 1 is 1.39 bits per heavy atom. The van der Waals surface area contributed by atoms with Gasteiger partial charge in [0, 0.05) is 6.20 Å². The second-order valence-corrected chi connectivity index (χ2v) is 4.35. The summed E-state index contributed by atoms with van der Waals surface area (Å²) in [4.78, 5) is 24.8. The van der Waals surface area contributed by atoms with Gasteiger partial charge in [0.25, 0.3) is 0 Å².